The maximum Gasteiger partial charge on any atom is 0.119 e. The Balaban J connectivity index is 1.73. The summed E-state index contributed by atoms with van der Waals surface area (Å²) < 4.78 is 6.61. The van der Waals surface area contributed by atoms with Gasteiger partial charge in [-0.15, -0.1) is 0 Å². The lowest BCUT2D eigenvalue weighted by Gasteiger charge is -2.14. The second-order valence-electron chi connectivity index (χ2n) is 4.85. The van der Waals surface area contributed by atoms with Gasteiger partial charge >= 0.3 is 0 Å². The quantitative estimate of drug-likeness (QED) is 0.797. The Morgan fingerprint density at radius 2 is 1.76 bits per heavy atom. The molecule has 0 saturated carbocycles. The fourth-order valence-electron chi connectivity index (χ4n) is 1.88. The highest BCUT2D eigenvalue weighted by Gasteiger charge is 2.05. The van der Waals surface area contributed by atoms with Crippen LogP contribution in [0.5, 0.6) is 5.75 Å². The van der Waals surface area contributed by atoms with Crippen molar-refractivity contribution in [1.82, 2.24) is 0 Å². The lowest BCUT2D eigenvalue weighted by atomic mass is 10.2. The van der Waals surface area contributed by atoms with E-state index >= 15 is 0 Å². The normalized spacial score (nSPS) is 12.0. The van der Waals surface area contributed by atoms with Gasteiger partial charge in [0.2, 0.25) is 0 Å². The van der Waals surface area contributed by atoms with Crippen molar-refractivity contribution in [2.24, 2.45) is 0 Å². The zero-order chi connectivity index (χ0) is 15.1. The van der Waals surface area contributed by atoms with Gasteiger partial charge in [-0.2, -0.15) is 0 Å². The molecule has 21 heavy (non-hydrogen) atoms. The van der Waals surface area contributed by atoms with Gasteiger partial charge in [0.15, 0.2) is 0 Å². The molecule has 0 amide bonds. The summed E-state index contributed by atoms with van der Waals surface area (Å²) in [6.07, 6.45) is 0.458. The van der Waals surface area contributed by atoms with Crippen LogP contribution in [0.25, 0.3) is 0 Å². The summed E-state index contributed by atoms with van der Waals surface area (Å²) in [5.41, 5.74) is 2.25. The lowest BCUT2D eigenvalue weighted by molar-refractivity contribution is 0.117. The molecule has 1 atom stereocenters. The van der Waals surface area contributed by atoms with Crippen molar-refractivity contribution in [3.63, 3.8) is 0 Å². The summed E-state index contributed by atoms with van der Waals surface area (Å²) in [7, 11) is 0. The number of halogens is 1. The van der Waals surface area contributed by atoms with Gasteiger partial charge in [-0.05, 0) is 48.4 Å². The maximum absolute atomic E-state index is 9.93. The van der Waals surface area contributed by atoms with Crippen LogP contribution in [0, 0.1) is 0 Å². The summed E-state index contributed by atoms with van der Waals surface area (Å²) in [6.45, 7) is 2.84. The average molecular weight is 350 g/mol. The topological polar surface area (TPSA) is 41.5 Å². The number of benzene rings is 2. The molecule has 0 aliphatic carbocycles. The first-order chi connectivity index (χ1) is 10.2. The van der Waals surface area contributed by atoms with E-state index in [1.807, 2.05) is 48.5 Å². The van der Waals surface area contributed by atoms with Crippen LogP contribution in [0.1, 0.15) is 12.5 Å². The van der Waals surface area contributed by atoms with Crippen molar-refractivity contribution >= 4 is 21.6 Å². The zero-order valence-corrected chi connectivity index (χ0v) is 13.6. The van der Waals surface area contributed by atoms with Crippen LogP contribution >= 0.6 is 15.9 Å². The molecule has 112 valence electrons. The largest absolute Gasteiger partial charge is 0.491 e. The van der Waals surface area contributed by atoms with Gasteiger partial charge in [-0.3, -0.25) is 0 Å². The lowest BCUT2D eigenvalue weighted by Crippen LogP contribution is -2.26. The van der Waals surface area contributed by atoms with Crippen molar-refractivity contribution in [1.29, 1.82) is 0 Å². The Morgan fingerprint density at radius 3 is 2.38 bits per heavy atom. The first kappa shape index (κ1) is 15.9. The molecule has 0 aliphatic heterocycles. The van der Waals surface area contributed by atoms with Crippen LogP contribution in [-0.2, 0) is 6.42 Å². The van der Waals surface area contributed by atoms with Gasteiger partial charge in [0.05, 0.1) is 0 Å². The zero-order valence-electron chi connectivity index (χ0n) is 12.1. The Bertz CT molecular complexity index is 540. The number of hydrogen-bond acceptors (Lipinski definition) is 3. The van der Waals surface area contributed by atoms with Crippen molar-refractivity contribution in [2.75, 3.05) is 18.5 Å². The molecule has 2 aromatic carbocycles. The molecule has 1 unspecified atom stereocenters. The fraction of sp³-hybridized carbons (Fsp3) is 0.294. The Labute approximate surface area is 134 Å². The molecule has 0 fully saturated rings. The Hall–Kier alpha value is -1.52. The van der Waals surface area contributed by atoms with E-state index in [-0.39, 0.29) is 6.61 Å². The minimum Gasteiger partial charge on any atom is -0.491 e. The van der Waals surface area contributed by atoms with Gasteiger partial charge in [-0.1, -0.05) is 35.0 Å². The molecule has 0 spiro atoms. The maximum atomic E-state index is 9.93. The van der Waals surface area contributed by atoms with Gasteiger partial charge in [0.1, 0.15) is 18.5 Å². The van der Waals surface area contributed by atoms with Crippen molar-refractivity contribution < 1.29 is 9.84 Å². The molecule has 0 bridgehead atoms. The third-order valence-corrected chi connectivity index (χ3v) is 3.69. The summed E-state index contributed by atoms with van der Waals surface area (Å²) in [6, 6.07) is 15.8. The molecule has 0 heterocycles. The summed E-state index contributed by atoms with van der Waals surface area (Å²) in [4.78, 5) is 0. The third-order valence-electron chi connectivity index (χ3n) is 3.16. The van der Waals surface area contributed by atoms with Crippen LogP contribution in [0.4, 0.5) is 5.69 Å². The first-order valence-corrected chi connectivity index (χ1v) is 7.86. The van der Waals surface area contributed by atoms with Crippen molar-refractivity contribution in [2.45, 2.75) is 19.4 Å². The average Bonchev–Trinajstić information content (AvgIpc) is 2.53. The molecule has 0 saturated heterocycles. The first-order valence-electron chi connectivity index (χ1n) is 7.06. The van der Waals surface area contributed by atoms with Gasteiger partial charge in [0.25, 0.3) is 0 Å². The van der Waals surface area contributed by atoms with E-state index in [0.717, 1.165) is 22.3 Å². The highest BCUT2D eigenvalue weighted by molar-refractivity contribution is 9.10. The highest BCUT2D eigenvalue weighted by atomic mass is 79.9. The van der Waals surface area contributed by atoms with E-state index in [9.17, 15) is 5.11 Å². The molecule has 2 N–H and O–H groups in total. The molecule has 0 aromatic heterocycles. The number of anilines is 1. The Kier molecular flexibility index (Phi) is 6.08. The van der Waals surface area contributed by atoms with E-state index < -0.39 is 6.10 Å². The SMILES string of the molecule is CCc1ccc(OCC(O)CNc2ccc(Br)cc2)cc1. The number of rotatable bonds is 7. The third kappa shape index (κ3) is 5.40. The highest BCUT2D eigenvalue weighted by Crippen LogP contribution is 2.15. The Morgan fingerprint density at radius 1 is 1.10 bits per heavy atom. The van der Waals surface area contributed by atoms with Crippen LogP contribution in [0.15, 0.2) is 53.0 Å². The van der Waals surface area contributed by atoms with Crippen LogP contribution < -0.4 is 10.1 Å². The molecular formula is C17H20BrNO2. The van der Waals surface area contributed by atoms with Crippen molar-refractivity contribution in [3.05, 3.63) is 58.6 Å². The molecule has 2 aromatic rings. The molecular weight excluding hydrogens is 330 g/mol. The van der Waals surface area contributed by atoms with Crippen LogP contribution in [0.2, 0.25) is 0 Å². The molecule has 0 radical (unpaired) electrons. The predicted octanol–water partition coefficient (Wildman–Crippen LogP) is 3.86. The number of ether oxygens (including phenoxy) is 1. The second-order valence-corrected chi connectivity index (χ2v) is 5.77. The van der Waals surface area contributed by atoms with E-state index in [4.69, 9.17) is 4.74 Å². The van der Waals surface area contributed by atoms with E-state index in [1.165, 1.54) is 5.56 Å². The van der Waals surface area contributed by atoms with E-state index in [2.05, 4.69) is 28.2 Å². The van der Waals surface area contributed by atoms with Crippen molar-refractivity contribution in [3.8, 4) is 5.75 Å². The molecule has 2 rings (SSSR count). The second kappa shape index (κ2) is 8.05. The molecule has 0 aliphatic rings. The minimum atomic E-state index is -0.556. The van der Waals surface area contributed by atoms with Gasteiger partial charge < -0.3 is 15.2 Å². The number of aryl methyl sites for hydroxylation is 1. The van der Waals surface area contributed by atoms with Crippen LogP contribution in [-0.4, -0.2) is 24.4 Å². The van der Waals surface area contributed by atoms with E-state index in [0.29, 0.717) is 6.54 Å². The molecule has 3 nitrogen and oxygen atoms in total. The monoisotopic (exact) mass is 349 g/mol. The van der Waals surface area contributed by atoms with Crippen LogP contribution in [0.3, 0.4) is 0 Å². The number of aliphatic hydroxyl groups is 1. The molecule has 4 heteroatoms. The minimum absolute atomic E-state index is 0.273. The smallest absolute Gasteiger partial charge is 0.119 e. The van der Waals surface area contributed by atoms with Gasteiger partial charge in [0, 0.05) is 16.7 Å². The number of nitrogens with one attached hydrogen (secondary N) is 1. The number of aliphatic hydroxyl groups excluding tert-OH is 1. The fourth-order valence-corrected chi connectivity index (χ4v) is 2.14. The summed E-state index contributed by atoms with van der Waals surface area (Å²) >= 11 is 3.39. The number of hydrogen-bond donors (Lipinski definition) is 2. The standard InChI is InChI=1S/C17H20BrNO2/c1-2-13-3-9-17(10-4-13)21-12-16(20)11-19-15-7-5-14(18)6-8-15/h3-10,16,19-20H,2,11-12H2,1H3. The summed E-state index contributed by atoms with van der Waals surface area (Å²) in [5, 5.41) is 13.1. The summed E-state index contributed by atoms with van der Waals surface area (Å²) in [5.74, 6) is 0.787. The predicted molar refractivity (Wildman–Crippen MR) is 90.0 cm³/mol. The van der Waals surface area contributed by atoms with E-state index in [1.54, 1.807) is 0 Å². The van der Waals surface area contributed by atoms with Gasteiger partial charge in [-0.25, -0.2) is 0 Å².